The van der Waals surface area contributed by atoms with Crippen LogP contribution < -0.4 is 0 Å². The van der Waals surface area contributed by atoms with Gasteiger partial charge in [-0.05, 0) is 33.6 Å². The molecule has 0 aromatic carbocycles. The van der Waals surface area contributed by atoms with Gasteiger partial charge >= 0.3 is 0 Å². The van der Waals surface area contributed by atoms with Gasteiger partial charge in [0.05, 0.1) is 6.10 Å². The maximum Gasteiger partial charge on any atom is 0.258 e. The van der Waals surface area contributed by atoms with Gasteiger partial charge in [-0.3, -0.25) is 0 Å². The summed E-state index contributed by atoms with van der Waals surface area (Å²) in [6, 6.07) is 0. The van der Waals surface area contributed by atoms with E-state index in [0.29, 0.717) is 5.25 Å². The fourth-order valence-corrected chi connectivity index (χ4v) is 7.23. The highest BCUT2D eigenvalue weighted by molar-refractivity contribution is 8.77. The van der Waals surface area contributed by atoms with E-state index in [-0.39, 0.29) is 10.9 Å². The third-order valence-electron chi connectivity index (χ3n) is 3.20. The van der Waals surface area contributed by atoms with E-state index in [1.807, 2.05) is 21.6 Å². The quantitative estimate of drug-likeness (QED) is 0.577. The molecule has 0 N–H and O–H groups in total. The van der Waals surface area contributed by atoms with Crippen LogP contribution in [0.25, 0.3) is 0 Å². The molecule has 2 fully saturated rings. The molecule has 2 heterocycles. The fourth-order valence-electron chi connectivity index (χ4n) is 2.26. The zero-order valence-electron chi connectivity index (χ0n) is 11.0. The average molecular weight is 295 g/mol. The van der Waals surface area contributed by atoms with Gasteiger partial charge in [-0.1, -0.05) is 21.6 Å². The lowest BCUT2D eigenvalue weighted by Gasteiger charge is -2.33. The number of hydrogen-bond acceptors (Lipinski definition) is 5. The van der Waals surface area contributed by atoms with E-state index in [4.69, 9.17) is 9.05 Å². The second kappa shape index (κ2) is 5.98. The highest BCUT2D eigenvalue weighted by Crippen LogP contribution is 2.57. The Morgan fingerprint density at radius 2 is 1.94 bits per heavy atom. The lowest BCUT2D eigenvalue weighted by Crippen LogP contribution is -2.36. The first-order valence-corrected chi connectivity index (χ1v) is 9.49. The Labute approximate surface area is 114 Å². The van der Waals surface area contributed by atoms with E-state index in [9.17, 15) is 0 Å². The van der Waals surface area contributed by atoms with Crippen molar-refractivity contribution in [2.75, 3.05) is 20.2 Å². The third kappa shape index (κ3) is 3.31. The van der Waals surface area contributed by atoms with Crippen molar-refractivity contribution in [3.05, 3.63) is 0 Å². The van der Waals surface area contributed by atoms with Crippen LogP contribution in [0.5, 0.6) is 0 Å². The molecule has 0 aromatic heterocycles. The van der Waals surface area contributed by atoms with Crippen LogP contribution in [0.15, 0.2) is 0 Å². The van der Waals surface area contributed by atoms with Gasteiger partial charge in [0, 0.05) is 30.2 Å². The topological polar surface area (TPSA) is 21.7 Å². The molecule has 17 heavy (non-hydrogen) atoms. The molecule has 3 atom stereocenters. The van der Waals surface area contributed by atoms with Crippen LogP contribution in [0.3, 0.4) is 0 Å². The SMILES string of the molecule is COP(OC1C(C)SSC1(C)C)N1CCCC1. The molecule has 0 aliphatic carbocycles. The summed E-state index contributed by atoms with van der Waals surface area (Å²) in [5.74, 6) is 0. The molecule has 6 heteroatoms. The summed E-state index contributed by atoms with van der Waals surface area (Å²) in [5.41, 5.74) is 0. The van der Waals surface area contributed by atoms with Crippen LogP contribution >= 0.6 is 30.1 Å². The van der Waals surface area contributed by atoms with Crippen molar-refractivity contribution in [1.29, 1.82) is 0 Å². The highest BCUT2D eigenvalue weighted by atomic mass is 33.1. The summed E-state index contributed by atoms with van der Waals surface area (Å²) in [6.07, 6.45) is 2.83. The van der Waals surface area contributed by atoms with Gasteiger partial charge in [0.25, 0.3) is 8.53 Å². The maximum atomic E-state index is 6.30. The van der Waals surface area contributed by atoms with Crippen LogP contribution in [-0.4, -0.2) is 41.0 Å². The standard InChI is InChI=1S/C11H22NO2PS2/c1-9-10(11(2,3)17-16-9)14-15(13-4)12-7-5-6-8-12/h9-10H,5-8H2,1-4H3. The molecular formula is C11H22NO2PS2. The predicted molar refractivity (Wildman–Crippen MR) is 78.3 cm³/mol. The smallest absolute Gasteiger partial charge is 0.258 e. The summed E-state index contributed by atoms with van der Waals surface area (Å²) in [6.45, 7) is 9.05. The van der Waals surface area contributed by atoms with Crippen LogP contribution in [0.2, 0.25) is 0 Å². The van der Waals surface area contributed by atoms with Crippen molar-refractivity contribution in [3.63, 3.8) is 0 Å². The lowest BCUT2D eigenvalue weighted by molar-refractivity contribution is 0.145. The summed E-state index contributed by atoms with van der Waals surface area (Å²) < 4.78 is 14.4. The zero-order valence-corrected chi connectivity index (χ0v) is 13.5. The molecule has 0 amide bonds. The van der Waals surface area contributed by atoms with Gasteiger partial charge in [0.2, 0.25) is 0 Å². The van der Waals surface area contributed by atoms with Gasteiger partial charge in [-0.2, -0.15) is 0 Å². The Morgan fingerprint density at radius 1 is 1.29 bits per heavy atom. The van der Waals surface area contributed by atoms with Gasteiger partial charge in [0.15, 0.2) is 0 Å². The van der Waals surface area contributed by atoms with E-state index >= 15 is 0 Å². The Kier molecular flexibility index (Phi) is 5.07. The Hall–Kier alpha value is 1.01. The fraction of sp³-hybridized carbons (Fsp3) is 1.00. The van der Waals surface area contributed by atoms with Crippen LogP contribution in [0, 0.1) is 0 Å². The number of rotatable bonds is 4. The largest absolute Gasteiger partial charge is 0.325 e. The lowest BCUT2D eigenvalue weighted by atomic mass is 10.0. The molecule has 2 rings (SSSR count). The first-order valence-electron chi connectivity index (χ1n) is 6.15. The molecule has 100 valence electrons. The van der Waals surface area contributed by atoms with Crippen molar-refractivity contribution < 1.29 is 9.05 Å². The first kappa shape index (κ1) is 14.4. The molecule has 2 aliphatic rings. The molecule has 2 aliphatic heterocycles. The summed E-state index contributed by atoms with van der Waals surface area (Å²) >= 11 is 0. The minimum absolute atomic E-state index is 0.183. The van der Waals surface area contributed by atoms with Crippen molar-refractivity contribution in [1.82, 2.24) is 4.67 Å². The average Bonchev–Trinajstić information content (AvgIpc) is 2.87. The van der Waals surface area contributed by atoms with Gasteiger partial charge in [-0.25, -0.2) is 4.67 Å². The first-order chi connectivity index (χ1) is 8.04. The second-order valence-corrected chi connectivity index (χ2v) is 9.94. The van der Waals surface area contributed by atoms with Crippen LogP contribution in [0.4, 0.5) is 0 Å². The number of nitrogens with zero attached hydrogens (tertiary/aromatic N) is 1. The van der Waals surface area contributed by atoms with E-state index in [1.165, 1.54) is 12.8 Å². The minimum Gasteiger partial charge on any atom is -0.325 e. The molecule has 3 nitrogen and oxygen atoms in total. The van der Waals surface area contributed by atoms with Gasteiger partial charge in [-0.15, -0.1) is 0 Å². The molecule has 2 saturated heterocycles. The van der Waals surface area contributed by atoms with E-state index < -0.39 is 8.53 Å². The predicted octanol–water partition coefficient (Wildman–Crippen LogP) is 3.90. The van der Waals surface area contributed by atoms with E-state index in [1.54, 1.807) is 7.11 Å². The minimum atomic E-state index is -0.849. The van der Waals surface area contributed by atoms with Gasteiger partial charge in [0.1, 0.15) is 0 Å². The molecule has 0 spiro atoms. The Bertz CT molecular complexity index is 262. The third-order valence-corrected chi connectivity index (χ3v) is 8.58. The molecule has 3 unspecified atom stereocenters. The maximum absolute atomic E-state index is 6.30. The Morgan fingerprint density at radius 3 is 2.41 bits per heavy atom. The zero-order chi connectivity index (χ0) is 12.5. The normalized spacial score (nSPS) is 35.3. The van der Waals surface area contributed by atoms with Crippen molar-refractivity contribution in [3.8, 4) is 0 Å². The van der Waals surface area contributed by atoms with Crippen molar-refractivity contribution in [2.24, 2.45) is 0 Å². The van der Waals surface area contributed by atoms with Crippen molar-refractivity contribution >= 4 is 30.1 Å². The summed E-state index contributed by atoms with van der Waals surface area (Å²) in [4.78, 5) is 0. The van der Waals surface area contributed by atoms with E-state index in [0.717, 1.165) is 13.1 Å². The van der Waals surface area contributed by atoms with Crippen LogP contribution in [0.1, 0.15) is 33.6 Å². The molecule has 0 saturated carbocycles. The summed E-state index contributed by atoms with van der Waals surface area (Å²) in [5, 5.41) is 0.540. The summed E-state index contributed by atoms with van der Waals surface area (Å²) in [7, 11) is 4.80. The van der Waals surface area contributed by atoms with Crippen LogP contribution in [-0.2, 0) is 9.05 Å². The molecule has 0 aromatic rings. The van der Waals surface area contributed by atoms with Crippen molar-refractivity contribution in [2.45, 2.75) is 49.7 Å². The molecule has 0 radical (unpaired) electrons. The second-order valence-electron chi connectivity index (χ2n) is 5.10. The number of hydrogen-bond donors (Lipinski definition) is 0. The van der Waals surface area contributed by atoms with E-state index in [2.05, 4.69) is 25.4 Å². The monoisotopic (exact) mass is 295 g/mol. The Balaban J connectivity index is 1.97. The molecule has 0 bridgehead atoms. The highest BCUT2D eigenvalue weighted by Gasteiger charge is 2.45. The molecular weight excluding hydrogens is 273 g/mol. The van der Waals surface area contributed by atoms with Gasteiger partial charge < -0.3 is 9.05 Å².